The number of carbonyl (C=O) groups excluding carboxylic acids is 1. The Bertz CT molecular complexity index is 393. The highest BCUT2D eigenvalue weighted by molar-refractivity contribution is 14.1. The van der Waals surface area contributed by atoms with E-state index in [9.17, 15) is 4.79 Å². The van der Waals surface area contributed by atoms with Crippen molar-refractivity contribution in [3.63, 3.8) is 0 Å². The van der Waals surface area contributed by atoms with Crippen molar-refractivity contribution in [2.45, 2.75) is 19.4 Å². The molecule has 0 spiro atoms. The van der Waals surface area contributed by atoms with Crippen LogP contribution < -0.4 is 5.32 Å². The predicted octanol–water partition coefficient (Wildman–Crippen LogP) is 3.21. The molecule has 0 bridgehead atoms. The van der Waals surface area contributed by atoms with Gasteiger partial charge in [-0.05, 0) is 54.1 Å². The summed E-state index contributed by atoms with van der Waals surface area (Å²) in [7, 11) is 0. The summed E-state index contributed by atoms with van der Waals surface area (Å²) in [6, 6.07) is 7.65. The van der Waals surface area contributed by atoms with Gasteiger partial charge in [0.15, 0.2) is 0 Å². The van der Waals surface area contributed by atoms with Gasteiger partial charge >= 0.3 is 0 Å². The van der Waals surface area contributed by atoms with E-state index in [1.165, 1.54) is 0 Å². The highest BCUT2D eigenvalue weighted by atomic mass is 127. The van der Waals surface area contributed by atoms with E-state index < -0.39 is 6.10 Å². The van der Waals surface area contributed by atoms with Gasteiger partial charge in [0.1, 0.15) is 6.10 Å². The van der Waals surface area contributed by atoms with Gasteiger partial charge in [0, 0.05) is 9.26 Å². The fourth-order valence-corrected chi connectivity index (χ4v) is 1.76. The lowest BCUT2D eigenvalue weighted by molar-refractivity contribution is -0.126. The molecule has 1 rings (SSSR count). The normalized spacial score (nSPS) is 11.9. The largest absolute Gasteiger partial charge is 0.368 e. The molecule has 0 aliphatic carbocycles. The standard InChI is InChI=1S/C13H16INO2/c1-3-4-8-17-10(2)13(16)15-12-7-5-6-11(14)9-12/h3,5-7,9-10H,1,4,8H2,2H3,(H,15,16)/t10-/m0/s1. The summed E-state index contributed by atoms with van der Waals surface area (Å²) in [4.78, 5) is 11.8. The Hall–Kier alpha value is -0.880. The van der Waals surface area contributed by atoms with E-state index in [-0.39, 0.29) is 5.91 Å². The number of amides is 1. The molecule has 1 aromatic carbocycles. The van der Waals surface area contributed by atoms with Crippen molar-refractivity contribution >= 4 is 34.2 Å². The molecule has 0 unspecified atom stereocenters. The minimum absolute atomic E-state index is 0.129. The third-order valence-electron chi connectivity index (χ3n) is 2.15. The summed E-state index contributed by atoms with van der Waals surface area (Å²) >= 11 is 2.20. The Morgan fingerprint density at radius 1 is 1.65 bits per heavy atom. The molecule has 1 aromatic rings. The second kappa shape index (κ2) is 7.45. The average Bonchev–Trinajstić information content (AvgIpc) is 2.29. The molecule has 0 saturated carbocycles. The number of nitrogens with one attached hydrogen (secondary N) is 1. The lowest BCUT2D eigenvalue weighted by Crippen LogP contribution is -2.28. The number of hydrogen-bond acceptors (Lipinski definition) is 2. The van der Waals surface area contributed by atoms with Gasteiger partial charge in [-0.15, -0.1) is 6.58 Å². The Morgan fingerprint density at radius 3 is 3.06 bits per heavy atom. The second-order valence-electron chi connectivity index (χ2n) is 3.59. The monoisotopic (exact) mass is 345 g/mol. The number of halogens is 1. The van der Waals surface area contributed by atoms with Crippen molar-refractivity contribution in [1.82, 2.24) is 0 Å². The molecular formula is C13H16INO2. The van der Waals surface area contributed by atoms with E-state index >= 15 is 0 Å². The molecular weight excluding hydrogens is 329 g/mol. The summed E-state index contributed by atoms with van der Waals surface area (Å²) in [5.74, 6) is -0.129. The quantitative estimate of drug-likeness (QED) is 0.489. The van der Waals surface area contributed by atoms with Gasteiger partial charge in [0.2, 0.25) is 0 Å². The first-order valence-electron chi connectivity index (χ1n) is 5.42. The van der Waals surface area contributed by atoms with E-state index in [2.05, 4.69) is 34.5 Å². The molecule has 1 amide bonds. The average molecular weight is 345 g/mol. The summed E-state index contributed by atoms with van der Waals surface area (Å²) < 4.78 is 6.45. The summed E-state index contributed by atoms with van der Waals surface area (Å²) in [5, 5.41) is 2.81. The molecule has 0 radical (unpaired) electrons. The Labute approximate surface area is 115 Å². The lowest BCUT2D eigenvalue weighted by Gasteiger charge is -2.12. The maximum absolute atomic E-state index is 11.8. The highest BCUT2D eigenvalue weighted by Gasteiger charge is 2.12. The van der Waals surface area contributed by atoms with Crippen LogP contribution in [0.2, 0.25) is 0 Å². The smallest absolute Gasteiger partial charge is 0.253 e. The second-order valence-corrected chi connectivity index (χ2v) is 4.84. The van der Waals surface area contributed by atoms with Crippen LogP contribution in [0, 0.1) is 3.57 Å². The van der Waals surface area contributed by atoms with Crippen molar-refractivity contribution in [2.24, 2.45) is 0 Å². The Kier molecular flexibility index (Phi) is 6.21. The number of hydrogen-bond donors (Lipinski definition) is 1. The van der Waals surface area contributed by atoms with Crippen LogP contribution in [-0.2, 0) is 9.53 Å². The minimum Gasteiger partial charge on any atom is -0.368 e. The zero-order chi connectivity index (χ0) is 12.7. The van der Waals surface area contributed by atoms with E-state index in [0.717, 1.165) is 15.7 Å². The summed E-state index contributed by atoms with van der Waals surface area (Å²) in [6.07, 6.45) is 2.07. The number of benzene rings is 1. The third kappa shape index (κ3) is 5.32. The molecule has 0 aliphatic rings. The molecule has 1 atom stereocenters. The summed E-state index contributed by atoms with van der Waals surface area (Å²) in [5.41, 5.74) is 0.793. The molecule has 0 saturated heterocycles. The first kappa shape index (κ1) is 14.2. The number of ether oxygens (including phenoxy) is 1. The molecule has 4 heteroatoms. The van der Waals surface area contributed by atoms with Crippen molar-refractivity contribution in [2.75, 3.05) is 11.9 Å². The van der Waals surface area contributed by atoms with E-state index in [0.29, 0.717) is 6.61 Å². The van der Waals surface area contributed by atoms with Crippen LogP contribution in [0.3, 0.4) is 0 Å². The fourth-order valence-electron chi connectivity index (χ4n) is 1.21. The SMILES string of the molecule is C=CCCO[C@@H](C)C(=O)Nc1cccc(I)c1. The number of carbonyl (C=O) groups is 1. The van der Waals surface area contributed by atoms with Crippen LogP contribution >= 0.6 is 22.6 Å². The van der Waals surface area contributed by atoms with Crippen molar-refractivity contribution in [3.8, 4) is 0 Å². The van der Waals surface area contributed by atoms with Crippen LogP contribution in [-0.4, -0.2) is 18.6 Å². The molecule has 0 aliphatic heterocycles. The van der Waals surface area contributed by atoms with Crippen molar-refractivity contribution < 1.29 is 9.53 Å². The van der Waals surface area contributed by atoms with Crippen LogP contribution in [0.4, 0.5) is 5.69 Å². The lowest BCUT2D eigenvalue weighted by atomic mass is 10.3. The van der Waals surface area contributed by atoms with Crippen molar-refractivity contribution in [1.29, 1.82) is 0 Å². The van der Waals surface area contributed by atoms with Crippen LogP contribution in [0.25, 0.3) is 0 Å². The highest BCUT2D eigenvalue weighted by Crippen LogP contribution is 2.12. The summed E-state index contributed by atoms with van der Waals surface area (Å²) in [6.45, 7) is 5.86. The maximum Gasteiger partial charge on any atom is 0.253 e. The Balaban J connectivity index is 2.45. The molecule has 3 nitrogen and oxygen atoms in total. The van der Waals surface area contributed by atoms with Gasteiger partial charge < -0.3 is 10.1 Å². The molecule has 0 fully saturated rings. The topological polar surface area (TPSA) is 38.3 Å². The van der Waals surface area contributed by atoms with Crippen LogP contribution in [0.1, 0.15) is 13.3 Å². The van der Waals surface area contributed by atoms with Gasteiger partial charge in [-0.1, -0.05) is 12.1 Å². The number of anilines is 1. The minimum atomic E-state index is -0.451. The van der Waals surface area contributed by atoms with E-state index in [1.807, 2.05) is 24.3 Å². The van der Waals surface area contributed by atoms with E-state index in [4.69, 9.17) is 4.74 Å². The molecule has 92 valence electrons. The molecule has 17 heavy (non-hydrogen) atoms. The molecule has 1 N–H and O–H groups in total. The van der Waals surface area contributed by atoms with Gasteiger partial charge in [-0.3, -0.25) is 4.79 Å². The zero-order valence-corrected chi connectivity index (χ0v) is 11.9. The van der Waals surface area contributed by atoms with E-state index in [1.54, 1.807) is 13.0 Å². The molecule has 0 aromatic heterocycles. The van der Waals surface area contributed by atoms with Crippen LogP contribution in [0.15, 0.2) is 36.9 Å². The Morgan fingerprint density at radius 2 is 2.41 bits per heavy atom. The first-order chi connectivity index (χ1) is 8.13. The fraction of sp³-hybridized carbons (Fsp3) is 0.308. The molecule has 0 heterocycles. The maximum atomic E-state index is 11.8. The van der Waals surface area contributed by atoms with Gasteiger partial charge in [0.05, 0.1) is 6.61 Å². The van der Waals surface area contributed by atoms with Crippen molar-refractivity contribution in [3.05, 3.63) is 40.5 Å². The predicted molar refractivity (Wildman–Crippen MR) is 78.0 cm³/mol. The van der Waals surface area contributed by atoms with Gasteiger partial charge in [0.25, 0.3) is 5.91 Å². The first-order valence-corrected chi connectivity index (χ1v) is 6.50. The van der Waals surface area contributed by atoms with Gasteiger partial charge in [-0.25, -0.2) is 0 Å². The zero-order valence-electron chi connectivity index (χ0n) is 9.78. The third-order valence-corrected chi connectivity index (χ3v) is 2.82. The van der Waals surface area contributed by atoms with Crippen LogP contribution in [0.5, 0.6) is 0 Å². The van der Waals surface area contributed by atoms with Gasteiger partial charge in [-0.2, -0.15) is 0 Å². The number of rotatable bonds is 6.